The van der Waals surface area contributed by atoms with E-state index in [1.807, 2.05) is 26.2 Å². The highest BCUT2D eigenvalue weighted by molar-refractivity contribution is 5.99. The van der Waals surface area contributed by atoms with Crippen molar-refractivity contribution in [1.29, 1.82) is 0 Å². The predicted octanol–water partition coefficient (Wildman–Crippen LogP) is 0.654. The Morgan fingerprint density at radius 3 is 2.71 bits per heavy atom. The van der Waals surface area contributed by atoms with E-state index in [-0.39, 0.29) is 5.91 Å². The van der Waals surface area contributed by atoms with Gasteiger partial charge in [-0.15, -0.1) is 0 Å². The van der Waals surface area contributed by atoms with E-state index in [9.17, 15) is 4.79 Å². The molecule has 0 fully saturated rings. The van der Waals surface area contributed by atoms with E-state index < -0.39 is 0 Å². The molecule has 0 atom stereocenters. The van der Waals surface area contributed by atoms with Gasteiger partial charge in [-0.25, -0.2) is 0 Å². The van der Waals surface area contributed by atoms with Crippen LogP contribution in [-0.4, -0.2) is 38.0 Å². The molecule has 0 aliphatic carbocycles. The highest BCUT2D eigenvalue weighted by Gasteiger charge is 2.08. The summed E-state index contributed by atoms with van der Waals surface area (Å²) < 4.78 is 0. The Bertz CT molecular complexity index is 365. The highest BCUT2D eigenvalue weighted by Crippen LogP contribution is 2.12. The summed E-state index contributed by atoms with van der Waals surface area (Å²) in [5, 5.41) is 2.87. The van der Waals surface area contributed by atoms with Crippen LogP contribution in [0.15, 0.2) is 24.3 Å². The van der Waals surface area contributed by atoms with Gasteiger partial charge in [-0.1, -0.05) is 12.1 Å². The maximum Gasteiger partial charge on any atom is 0.253 e. The molecule has 4 N–H and O–H groups in total. The zero-order valence-corrected chi connectivity index (χ0v) is 10.4. The number of hydrogen-bond acceptors (Lipinski definition) is 4. The van der Waals surface area contributed by atoms with E-state index in [4.69, 9.17) is 5.84 Å². The summed E-state index contributed by atoms with van der Waals surface area (Å²) in [7, 11) is 4.02. The van der Waals surface area contributed by atoms with Gasteiger partial charge in [-0.05, 0) is 39.2 Å². The van der Waals surface area contributed by atoms with Crippen LogP contribution < -0.4 is 16.6 Å². The fraction of sp³-hybridized carbons (Fsp3) is 0.417. The number of carbonyl (C=O) groups is 1. The summed E-state index contributed by atoms with van der Waals surface area (Å²) in [6.07, 6.45) is 0.928. The van der Waals surface area contributed by atoms with Gasteiger partial charge in [-0.3, -0.25) is 10.6 Å². The molecule has 17 heavy (non-hydrogen) atoms. The molecule has 1 amide bonds. The van der Waals surface area contributed by atoms with Crippen molar-refractivity contribution in [1.82, 2.24) is 10.2 Å². The standard InChI is InChI=1S/C12H20N4O/c1-16(2)9-5-8-14-12(17)10-6-3-4-7-11(10)15-13/h3-4,6-7,15H,5,8-9,13H2,1-2H3,(H,14,17). The normalized spacial score (nSPS) is 10.4. The minimum Gasteiger partial charge on any atom is -0.352 e. The van der Waals surface area contributed by atoms with Crippen LogP contribution in [0.25, 0.3) is 0 Å². The van der Waals surface area contributed by atoms with E-state index in [0.717, 1.165) is 13.0 Å². The first kappa shape index (κ1) is 13.5. The second-order valence-electron chi connectivity index (χ2n) is 4.10. The van der Waals surface area contributed by atoms with Crippen molar-refractivity contribution in [2.45, 2.75) is 6.42 Å². The van der Waals surface area contributed by atoms with Crippen LogP contribution in [0.2, 0.25) is 0 Å². The number of nitrogens with one attached hydrogen (secondary N) is 2. The van der Waals surface area contributed by atoms with Gasteiger partial charge in [0.25, 0.3) is 5.91 Å². The lowest BCUT2D eigenvalue weighted by Gasteiger charge is -2.11. The third-order valence-electron chi connectivity index (χ3n) is 2.39. The van der Waals surface area contributed by atoms with E-state index in [1.54, 1.807) is 12.1 Å². The van der Waals surface area contributed by atoms with Crippen molar-refractivity contribution in [2.24, 2.45) is 5.84 Å². The zero-order chi connectivity index (χ0) is 12.7. The monoisotopic (exact) mass is 236 g/mol. The van der Waals surface area contributed by atoms with Crippen LogP contribution in [0.1, 0.15) is 16.8 Å². The van der Waals surface area contributed by atoms with Crippen LogP contribution >= 0.6 is 0 Å². The predicted molar refractivity (Wildman–Crippen MR) is 69.8 cm³/mol. The van der Waals surface area contributed by atoms with Crippen molar-refractivity contribution in [3.8, 4) is 0 Å². The van der Waals surface area contributed by atoms with Gasteiger partial charge in [0.15, 0.2) is 0 Å². The zero-order valence-electron chi connectivity index (χ0n) is 10.4. The number of hydrogen-bond donors (Lipinski definition) is 3. The summed E-state index contributed by atoms with van der Waals surface area (Å²) in [4.78, 5) is 13.9. The molecule has 5 heteroatoms. The third-order valence-corrected chi connectivity index (χ3v) is 2.39. The summed E-state index contributed by atoms with van der Waals surface area (Å²) >= 11 is 0. The number of nitrogen functional groups attached to an aromatic ring is 1. The molecule has 5 nitrogen and oxygen atoms in total. The minimum atomic E-state index is -0.0997. The van der Waals surface area contributed by atoms with E-state index in [2.05, 4.69) is 15.6 Å². The third kappa shape index (κ3) is 4.42. The molecule has 0 heterocycles. The molecule has 1 aromatic rings. The Labute approximate surface area is 102 Å². The van der Waals surface area contributed by atoms with Gasteiger partial charge >= 0.3 is 0 Å². The van der Waals surface area contributed by atoms with Crippen LogP contribution in [0.4, 0.5) is 5.69 Å². The molecule has 0 saturated carbocycles. The van der Waals surface area contributed by atoms with Crippen molar-refractivity contribution in [3.63, 3.8) is 0 Å². The number of hydrazine groups is 1. The summed E-state index contributed by atoms with van der Waals surface area (Å²) in [5.41, 5.74) is 3.72. The van der Waals surface area contributed by atoms with Crippen molar-refractivity contribution in [2.75, 3.05) is 32.6 Å². The van der Waals surface area contributed by atoms with E-state index in [1.165, 1.54) is 0 Å². The van der Waals surface area contributed by atoms with E-state index in [0.29, 0.717) is 17.8 Å². The second-order valence-corrected chi connectivity index (χ2v) is 4.10. The molecular weight excluding hydrogens is 216 g/mol. The van der Waals surface area contributed by atoms with Crippen LogP contribution in [0.5, 0.6) is 0 Å². The molecule has 0 aliphatic rings. The van der Waals surface area contributed by atoms with Gasteiger partial charge in [0, 0.05) is 6.54 Å². The van der Waals surface area contributed by atoms with Crippen molar-refractivity contribution >= 4 is 11.6 Å². The lowest BCUT2D eigenvalue weighted by Crippen LogP contribution is -2.28. The topological polar surface area (TPSA) is 70.4 Å². The van der Waals surface area contributed by atoms with E-state index >= 15 is 0 Å². The Hall–Kier alpha value is -1.59. The molecule has 0 radical (unpaired) electrons. The highest BCUT2D eigenvalue weighted by atomic mass is 16.1. The molecule has 0 spiro atoms. The van der Waals surface area contributed by atoms with Crippen molar-refractivity contribution < 1.29 is 4.79 Å². The number of anilines is 1. The fourth-order valence-corrected chi connectivity index (χ4v) is 1.50. The number of carbonyl (C=O) groups excluding carboxylic acids is 1. The molecule has 0 saturated heterocycles. The number of nitrogens with two attached hydrogens (primary N) is 1. The summed E-state index contributed by atoms with van der Waals surface area (Å²) in [6.45, 7) is 1.62. The number of para-hydroxylation sites is 1. The Morgan fingerprint density at radius 1 is 1.35 bits per heavy atom. The number of amides is 1. The second kappa shape index (κ2) is 6.88. The number of nitrogens with zero attached hydrogens (tertiary/aromatic N) is 1. The summed E-state index contributed by atoms with van der Waals surface area (Å²) in [5.74, 6) is 5.25. The molecule has 1 rings (SSSR count). The molecular formula is C12H20N4O. The van der Waals surface area contributed by atoms with Gasteiger partial charge in [0.2, 0.25) is 0 Å². The first-order valence-electron chi connectivity index (χ1n) is 5.63. The first-order valence-corrected chi connectivity index (χ1v) is 5.63. The van der Waals surface area contributed by atoms with Gasteiger partial charge in [0.05, 0.1) is 11.3 Å². The molecule has 1 aromatic carbocycles. The summed E-state index contributed by atoms with van der Waals surface area (Å²) in [6, 6.07) is 7.17. The van der Waals surface area contributed by atoms with Crippen molar-refractivity contribution in [3.05, 3.63) is 29.8 Å². The molecule has 94 valence electrons. The number of benzene rings is 1. The first-order chi connectivity index (χ1) is 8.15. The Balaban J connectivity index is 2.47. The SMILES string of the molecule is CN(C)CCCNC(=O)c1ccccc1NN. The maximum absolute atomic E-state index is 11.8. The molecule has 0 bridgehead atoms. The average molecular weight is 236 g/mol. The Morgan fingerprint density at radius 2 is 2.06 bits per heavy atom. The van der Waals surface area contributed by atoms with Gasteiger partial charge in [-0.2, -0.15) is 0 Å². The quantitative estimate of drug-likeness (QED) is 0.385. The lowest BCUT2D eigenvalue weighted by molar-refractivity contribution is 0.0953. The van der Waals surface area contributed by atoms with Crippen LogP contribution in [0, 0.1) is 0 Å². The van der Waals surface area contributed by atoms with Crippen LogP contribution in [0.3, 0.4) is 0 Å². The van der Waals surface area contributed by atoms with Gasteiger partial charge in [0.1, 0.15) is 0 Å². The van der Waals surface area contributed by atoms with Crippen LogP contribution in [-0.2, 0) is 0 Å². The molecule has 0 aromatic heterocycles. The molecule has 0 unspecified atom stereocenters. The Kier molecular flexibility index (Phi) is 5.45. The lowest BCUT2D eigenvalue weighted by atomic mass is 10.1. The molecule has 0 aliphatic heterocycles. The average Bonchev–Trinajstić information content (AvgIpc) is 2.34. The van der Waals surface area contributed by atoms with Gasteiger partial charge < -0.3 is 15.6 Å². The largest absolute Gasteiger partial charge is 0.352 e. The fourth-order valence-electron chi connectivity index (χ4n) is 1.50. The maximum atomic E-state index is 11.8. The minimum absolute atomic E-state index is 0.0997. The number of rotatable bonds is 6. The smallest absolute Gasteiger partial charge is 0.253 e.